The molecule has 0 radical (unpaired) electrons. The number of fused-ring (bicyclic) bond motifs is 1. The summed E-state index contributed by atoms with van der Waals surface area (Å²) in [5.74, 6) is 0.901. The van der Waals surface area contributed by atoms with Crippen LogP contribution in [0.3, 0.4) is 0 Å². The molecule has 2 heteroatoms. The van der Waals surface area contributed by atoms with E-state index in [1.165, 1.54) is 29.7 Å². The summed E-state index contributed by atoms with van der Waals surface area (Å²) in [6.45, 7) is 0. The third-order valence-corrected chi connectivity index (χ3v) is 3.99. The topological polar surface area (TPSA) is 21.3 Å². The monoisotopic (exact) mass is 279 g/mol. The van der Waals surface area contributed by atoms with Gasteiger partial charge in [0.25, 0.3) is 0 Å². The molecule has 1 atom stereocenters. The lowest BCUT2D eigenvalue weighted by molar-refractivity contribution is 0.415. The van der Waals surface area contributed by atoms with Crippen molar-refractivity contribution in [3.8, 4) is 5.75 Å². The zero-order valence-corrected chi connectivity index (χ0v) is 12.4. The minimum Gasteiger partial charge on any atom is -0.497 e. The molecule has 0 aromatic heterocycles. The highest BCUT2D eigenvalue weighted by Gasteiger charge is 2.15. The molecule has 0 amide bonds. The number of para-hydroxylation sites is 1. The summed E-state index contributed by atoms with van der Waals surface area (Å²) in [6, 6.07) is 17.3. The second-order valence-electron chi connectivity index (χ2n) is 5.45. The molecule has 0 unspecified atom stereocenters. The molecule has 0 saturated carbocycles. The average molecular weight is 279 g/mol. The minimum absolute atomic E-state index is 0.536. The van der Waals surface area contributed by atoms with E-state index in [1.807, 2.05) is 12.1 Å². The normalized spacial score (nSPS) is 17.3. The van der Waals surface area contributed by atoms with Gasteiger partial charge in [0.2, 0.25) is 0 Å². The molecule has 108 valence electrons. The molecule has 0 saturated heterocycles. The van der Waals surface area contributed by atoms with Crippen LogP contribution in [0.2, 0.25) is 0 Å². The number of anilines is 1. The number of hydrogen-bond acceptors (Lipinski definition) is 2. The van der Waals surface area contributed by atoms with Gasteiger partial charge in [0.05, 0.1) is 7.11 Å². The van der Waals surface area contributed by atoms with E-state index >= 15 is 0 Å². The fraction of sp³-hybridized carbons (Fsp3) is 0.263. The Morgan fingerprint density at radius 2 is 1.95 bits per heavy atom. The molecule has 0 spiro atoms. The van der Waals surface area contributed by atoms with Crippen LogP contribution in [0.5, 0.6) is 5.75 Å². The molecule has 2 nitrogen and oxygen atoms in total. The second-order valence-corrected chi connectivity index (χ2v) is 5.45. The Hall–Kier alpha value is -2.22. The maximum atomic E-state index is 5.17. The van der Waals surface area contributed by atoms with Gasteiger partial charge < -0.3 is 10.1 Å². The van der Waals surface area contributed by atoms with Gasteiger partial charge in [-0.1, -0.05) is 42.5 Å². The van der Waals surface area contributed by atoms with E-state index in [-0.39, 0.29) is 0 Å². The number of nitrogens with one attached hydrogen (secondary N) is 1. The van der Waals surface area contributed by atoms with Crippen LogP contribution in [0.4, 0.5) is 5.69 Å². The second kappa shape index (κ2) is 6.49. The summed E-state index contributed by atoms with van der Waals surface area (Å²) in [7, 11) is 1.69. The number of benzene rings is 2. The van der Waals surface area contributed by atoms with E-state index in [1.54, 1.807) is 7.11 Å². The highest BCUT2D eigenvalue weighted by Crippen LogP contribution is 2.25. The predicted octanol–water partition coefficient (Wildman–Crippen LogP) is 4.53. The van der Waals surface area contributed by atoms with Gasteiger partial charge in [-0.25, -0.2) is 0 Å². The lowest BCUT2D eigenvalue weighted by Crippen LogP contribution is -2.24. The van der Waals surface area contributed by atoms with Crippen molar-refractivity contribution in [1.29, 1.82) is 0 Å². The summed E-state index contributed by atoms with van der Waals surface area (Å²) in [4.78, 5) is 0. The van der Waals surface area contributed by atoms with E-state index in [2.05, 4.69) is 53.9 Å². The molecule has 2 aromatic carbocycles. The van der Waals surface area contributed by atoms with E-state index in [0.29, 0.717) is 6.04 Å². The fourth-order valence-electron chi connectivity index (χ4n) is 2.76. The van der Waals surface area contributed by atoms with Crippen LogP contribution in [-0.2, 0) is 6.42 Å². The smallest absolute Gasteiger partial charge is 0.118 e. The Kier molecular flexibility index (Phi) is 4.25. The summed E-state index contributed by atoms with van der Waals surface area (Å²) in [5, 5.41) is 3.63. The minimum atomic E-state index is 0.536. The zero-order chi connectivity index (χ0) is 14.5. The van der Waals surface area contributed by atoms with Crippen LogP contribution < -0.4 is 10.1 Å². The van der Waals surface area contributed by atoms with Gasteiger partial charge in [0, 0.05) is 11.7 Å². The SMILES string of the molecule is COc1ccc(/C=C/C[C@H]2CCc3ccccc3N2)cc1. The average Bonchev–Trinajstić information content (AvgIpc) is 2.55. The van der Waals surface area contributed by atoms with Gasteiger partial charge in [-0.3, -0.25) is 0 Å². The molecule has 0 bridgehead atoms. The largest absolute Gasteiger partial charge is 0.497 e. The molecule has 1 aliphatic heterocycles. The summed E-state index contributed by atoms with van der Waals surface area (Å²) < 4.78 is 5.17. The van der Waals surface area contributed by atoms with Gasteiger partial charge >= 0.3 is 0 Å². The first-order valence-electron chi connectivity index (χ1n) is 7.50. The van der Waals surface area contributed by atoms with Crippen molar-refractivity contribution in [3.63, 3.8) is 0 Å². The van der Waals surface area contributed by atoms with Crippen LogP contribution in [0.1, 0.15) is 24.0 Å². The van der Waals surface area contributed by atoms with E-state index < -0.39 is 0 Å². The highest BCUT2D eigenvalue weighted by molar-refractivity contribution is 5.54. The van der Waals surface area contributed by atoms with Crippen LogP contribution >= 0.6 is 0 Å². The van der Waals surface area contributed by atoms with Gasteiger partial charge in [0.1, 0.15) is 5.75 Å². The van der Waals surface area contributed by atoms with Crippen molar-refractivity contribution >= 4 is 11.8 Å². The van der Waals surface area contributed by atoms with Gasteiger partial charge in [-0.05, 0) is 48.6 Å². The van der Waals surface area contributed by atoms with Crippen molar-refractivity contribution in [2.45, 2.75) is 25.3 Å². The van der Waals surface area contributed by atoms with Gasteiger partial charge in [-0.15, -0.1) is 0 Å². The number of methoxy groups -OCH3 is 1. The molecule has 1 aliphatic rings. The maximum Gasteiger partial charge on any atom is 0.118 e. The van der Waals surface area contributed by atoms with Crippen molar-refractivity contribution in [3.05, 3.63) is 65.7 Å². The Labute approximate surface area is 126 Å². The number of ether oxygens (including phenoxy) is 1. The molecule has 3 rings (SSSR count). The quantitative estimate of drug-likeness (QED) is 0.888. The van der Waals surface area contributed by atoms with Crippen molar-refractivity contribution in [1.82, 2.24) is 0 Å². The third kappa shape index (κ3) is 3.46. The number of rotatable bonds is 4. The molecule has 1 heterocycles. The molecule has 21 heavy (non-hydrogen) atoms. The Morgan fingerprint density at radius 1 is 1.14 bits per heavy atom. The van der Waals surface area contributed by atoms with E-state index in [4.69, 9.17) is 4.74 Å². The molecular weight excluding hydrogens is 258 g/mol. The first-order chi connectivity index (χ1) is 10.3. The van der Waals surface area contributed by atoms with E-state index in [9.17, 15) is 0 Å². The maximum absolute atomic E-state index is 5.17. The highest BCUT2D eigenvalue weighted by atomic mass is 16.5. The number of hydrogen-bond donors (Lipinski definition) is 1. The van der Waals surface area contributed by atoms with Crippen molar-refractivity contribution in [2.24, 2.45) is 0 Å². The fourth-order valence-corrected chi connectivity index (χ4v) is 2.76. The molecule has 2 aromatic rings. The Morgan fingerprint density at radius 3 is 2.76 bits per heavy atom. The lowest BCUT2D eigenvalue weighted by atomic mass is 9.96. The zero-order valence-electron chi connectivity index (χ0n) is 12.4. The summed E-state index contributed by atoms with van der Waals surface area (Å²) in [6.07, 6.45) is 7.86. The lowest BCUT2D eigenvalue weighted by Gasteiger charge is -2.26. The van der Waals surface area contributed by atoms with Crippen molar-refractivity contribution in [2.75, 3.05) is 12.4 Å². The summed E-state index contributed by atoms with van der Waals surface area (Å²) >= 11 is 0. The molecular formula is C19H21NO. The van der Waals surface area contributed by atoms with Crippen LogP contribution in [0.25, 0.3) is 6.08 Å². The number of aryl methyl sites for hydroxylation is 1. The van der Waals surface area contributed by atoms with Crippen LogP contribution in [0.15, 0.2) is 54.6 Å². The molecule has 0 fully saturated rings. The first-order valence-corrected chi connectivity index (χ1v) is 7.50. The molecule has 0 aliphatic carbocycles. The summed E-state index contributed by atoms with van der Waals surface area (Å²) in [5.41, 5.74) is 3.95. The van der Waals surface area contributed by atoms with E-state index in [0.717, 1.165) is 12.2 Å². The Balaban J connectivity index is 1.57. The Bertz CT molecular complexity index is 616. The van der Waals surface area contributed by atoms with Crippen LogP contribution in [-0.4, -0.2) is 13.2 Å². The van der Waals surface area contributed by atoms with Gasteiger partial charge in [0.15, 0.2) is 0 Å². The standard InChI is InChI=1S/C19H21NO/c1-21-18-13-9-15(10-14-18)5-4-7-17-12-11-16-6-2-3-8-19(16)20-17/h2-6,8-10,13-14,17,20H,7,11-12H2,1H3/b5-4+/t17-/m0/s1. The van der Waals surface area contributed by atoms with Crippen LogP contribution in [0, 0.1) is 0 Å². The van der Waals surface area contributed by atoms with Crippen molar-refractivity contribution < 1.29 is 4.74 Å². The predicted molar refractivity (Wildman–Crippen MR) is 88.8 cm³/mol. The third-order valence-electron chi connectivity index (χ3n) is 3.99. The molecule has 1 N–H and O–H groups in total. The first kappa shape index (κ1) is 13.7. The van der Waals surface area contributed by atoms with Gasteiger partial charge in [-0.2, -0.15) is 0 Å².